The van der Waals surface area contributed by atoms with Gasteiger partial charge in [-0.2, -0.15) is 0 Å². The molecule has 2 heterocycles. The Morgan fingerprint density at radius 2 is 1.89 bits per heavy atom. The molecule has 8 heteroatoms. The molecule has 7 nitrogen and oxygen atoms in total. The van der Waals surface area contributed by atoms with Gasteiger partial charge in [-0.1, -0.05) is 59.3 Å². The van der Waals surface area contributed by atoms with Gasteiger partial charge in [-0.3, -0.25) is 9.59 Å². The van der Waals surface area contributed by atoms with Gasteiger partial charge in [-0.05, 0) is 43.4 Å². The number of nitrogens with two attached hydrogens (primary N) is 1. The minimum absolute atomic E-state index is 0.119. The molecular formula is C30H46N2O5S. The summed E-state index contributed by atoms with van der Waals surface area (Å²) >= 11 is 1.72. The number of rotatable bonds is 4. The number of benzene rings is 1. The van der Waals surface area contributed by atoms with Crippen molar-refractivity contribution >= 4 is 29.2 Å². The summed E-state index contributed by atoms with van der Waals surface area (Å²) in [5, 5.41) is 25.8. The second kappa shape index (κ2) is 12.5. The average molecular weight is 547 g/mol. The zero-order valence-electron chi connectivity index (χ0n) is 23.9. The van der Waals surface area contributed by atoms with Crippen molar-refractivity contribution in [2.75, 3.05) is 5.73 Å². The lowest BCUT2D eigenvalue weighted by Gasteiger charge is -2.34. The zero-order chi connectivity index (χ0) is 28.4. The molecule has 0 bridgehead atoms. The maximum absolute atomic E-state index is 13.3. The number of carbonyl (C=O) groups excluding carboxylic acids is 2. The van der Waals surface area contributed by atoms with Crippen LogP contribution in [0, 0.1) is 17.3 Å². The summed E-state index contributed by atoms with van der Waals surface area (Å²) in [7, 11) is 0. The van der Waals surface area contributed by atoms with Crippen molar-refractivity contribution in [3.8, 4) is 0 Å². The van der Waals surface area contributed by atoms with Crippen molar-refractivity contribution in [3.63, 3.8) is 0 Å². The summed E-state index contributed by atoms with van der Waals surface area (Å²) in [5.74, 6) is -1.65. The molecule has 1 fully saturated rings. The van der Waals surface area contributed by atoms with Crippen LogP contribution in [-0.2, 0) is 14.3 Å². The largest absolute Gasteiger partial charge is 0.457 e. The van der Waals surface area contributed by atoms with Crippen LogP contribution >= 0.6 is 11.8 Å². The van der Waals surface area contributed by atoms with E-state index in [2.05, 4.69) is 32.2 Å². The second-order valence-corrected chi connectivity index (χ2v) is 13.3. The number of carbonyl (C=O) groups is 2. The molecule has 2 aliphatic rings. The van der Waals surface area contributed by atoms with Gasteiger partial charge >= 0.3 is 5.97 Å². The van der Waals surface area contributed by atoms with E-state index in [1.54, 1.807) is 32.5 Å². The molecule has 0 radical (unpaired) electrons. The maximum Gasteiger partial charge on any atom is 0.309 e. The first kappa shape index (κ1) is 30.7. The van der Waals surface area contributed by atoms with Gasteiger partial charge in [0.05, 0.1) is 24.0 Å². The van der Waals surface area contributed by atoms with Crippen LogP contribution in [0.5, 0.6) is 0 Å². The number of hydrogen-bond acceptors (Lipinski definition) is 8. The van der Waals surface area contributed by atoms with E-state index in [0.29, 0.717) is 17.4 Å². The standard InChI is InChI=1S/C30H46N2O5S/c1-8-17(3)38-24-12-10-20(14-21(24)31)23-11-9-16(2)13-22-27(32-22)18(4)28(35)19(5)29(36)30(6,7)25(33)15-26(34)37-23/h9-10,12,14,17-19,22-23,25,27-28,32-33,35H,8,11,13,15,31H2,1-7H3/b16-9-/t17?,18-,19+,22?,23-,25-,27?,28-/m0/s1. The van der Waals surface area contributed by atoms with Gasteiger partial charge in [0, 0.05) is 40.3 Å². The van der Waals surface area contributed by atoms with Crippen LogP contribution in [0.15, 0.2) is 34.7 Å². The predicted molar refractivity (Wildman–Crippen MR) is 153 cm³/mol. The van der Waals surface area contributed by atoms with Crippen LogP contribution in [0.1, 0.15) is 85.8 Å². The average Bonchev–Trinajstić information content (AvgIpc) is 3.63. The number of hydrogen-bond donors (Lipinski definition) is 4. The second-order valence-electron chi connectivity index (χ2n) is 11.8. The maximum atomic E-state index is 13.3. The molecule has 0 amide bonds. The van der Waals surface area contributed by atoms with Crippen molar-refractivity contribution in [1.82, 2.24) is 5.32 Å². The van der Waals surface area contributed by atoms with E-state index in [4.69, 9.17) is 10.5 Å². The molecule has 0 saturated carbocycles. The fourth-order valence-corrected chi connectivity index (χ4v) is 6.20. The fraction of sp³-hybridized carbons (Fsp3) is 0.667. The third kappa shape index (κ3) is 7.20. The van der Waals surface area contributed by atoms with Crippen LogP contribution in [0.3, 0.4) is 0 Å². The minimum atomic E-state index is -1.25. The first-order valence-corrected chi connectivity index (χ1v) is 14.7. The predicted octanol–water partition coefficient (Wildman–Crippen LogP) is 4.80. The topological polar surface area (TPSA) is 132 Å². The fourth-order valence-electron chi connectivity index (χ4n) is 5.25. The van der Waals surface area contributed by atoms with Gasteiger partial charge in [0.25, 0.3) is 0 Å². The van der Waals surface area contributed by atoms with Gasteiger partial charge in [0.1, 0.15) is 11.9 Å². The van der Waals surface area contributed by atoms with E-state index in [1.165, 1.54) is 0 Å². The van der Waals surface area contributed by atoms with Gasteiger partial charge in [0.2, 0.25) is 0 Å². The number of esters is 1. The Morgan fingerprint density at radius 3 is 2.53 bits per heavy atom. The number of fused-ring (bicyclic) bond motifs is 1. The highest BCUT2D eigenvalue weighted by Gasteiger charge is 2.47. The quantitative estimate of drug-likeness (QED) is 0.139. The lowest BCUT2D eigenvalue weighted by Crippen LogP contribution is -2.46. The van der Waals surface area contributed by atoms with Crippen LogP contribution in [-0.4, -0.2) is 51.5 Å². The SMILES string of the molecule is CCC(C)Sc1ccc([C@@H]2C/C=C(/C)CC3NC3[C@H](C)[C@H](O)[C@@H](C)C(=O)C(C)(C)[C@@H](O)CC(=O)O2)cc1N. The zero-order valence-corrected chi connectivity index (χ0v) is 24.7. The summed E-state index contributed by atoms with van der Waals surface area (Å²) in [6.07, 6.45) is 1.42. The molecule has 1 aromatic carbocycles. The lowest BCUT2D eigenvalue weighted by atomic mass is 9.73. The first-order chi connectivity index (χ1) is 17.8. The summed E-state index contributed by atoms with van der Waals surface area (Å²) in [6.45, 7) is 13.3. The number of nitrogen functional groups attached to an aromatic ring is 1. The molecule has 1 aromatic rings. The van der Waals surface area contributed by atoms with Gasteiger partial charge in [-0.25, -0.2) is 0 Å². The lowest BCUT2D eigenvalue weighted by molar-refractivity contribution is -0.155. The number of anilines is 1. The Labute approximate surface area is 232 Å². The minimum Gasteiger partial charge on any atom is -0.457 e. The number of nitrogens with one attached hydrogen (secondary N) is 1. The van der Waals surface area contributed by atoms with E-state index in [-0.39, 0.29) is 30.2 Å². The van der Waals surface area contributed by atoms with Crippen molar-refractivity contribution < 1.29 is 24.5 Å². The molecule has 5 N–H and O–H groups in total. The Morgan fingerprint density at radius 1 is 1.21 bits per heavy atom. The Bertz CT molecular complexity index is 1040. The number of cyclic esters (lactones) is 1. The first-order valence-electron chi connectivity index (χ1n) is 13.8. The third-order valence-electron chi connectivity index (χ3n) is 8.39. The Balaban J connectivity index is 1.90. The van der Waals surface area contributed by atoms with Crippen molar-refractivity contribution in [2.45, 2.75) is 115 Å². The van der Waals surface area contributed by atoms with E-state index < -0.39 is 35.6 Å². The highest BCUT2D eigenvalue weighted by atomic mass is 32.2. The molecule has 0 spiro atoms. The molecule has 0 aromatic heterocycles. The van der Waals surface area contributed by atoms with Crippen LogP contribution in [0.25, 0.3) is 0 Å². The van der Waals surface area contributed by atoms with Crippen LogP contribution in [0.4, 0.5) is 5.69 Å². The molecule has 3 unspecified atom stereocenters. The number of ketones is 1. The van der Waals surface area contributed by atoms with Crippen molar-refractivity contribution in [3.05, 3.63) is 35.4 Å². The van der Waals surface area contributed by atoms with E-state index in [1.807, 2.05) is 25.1 Å². The van der Waals surface area contributed by atoms with E-state index >= 15 is 0 Å². The molecule has 3 rings (SSSR count). The normalized spacial score (nSPS) is 35.0. The molecule has 212 valence electrons. The summed E-state index contributed by atoms with van der Waals surface area (Å²) in [6, 6.07) is 6.14. The van der Waals surface area contributed by atoms with Crippen LogP contribution < -0.4 is 11.1 Å². The smallest absolute Gasteiger partial charge is 0.309 e. The molecule has 38 heavy (non-hydrogen) atoms. The number of Topliss-reactive ketones (excluding diaryl/α,β-unsaturated/α-hetero) is 1. The van der Waals surface area contributed by atoms with E-state index in [9.17, 15) is 19.8 Å². The van der Waals surface area contributed by atoms with Crippen molar-refractivity contribution in [2.24, 2.45) is 17.3 Å². The number of ether oxygens (including phenoxy) is 1. The van der Waals surface area contributed by atoms with Gasteiger partial charge < -0.3 is 26.0 Å². The van der Waals surface area contributed by atoms with Crippen LogP contribution in [0.2, 0.25) is 0 Å². The van der Waals surface area contributed by atoms with Gasteiger partial charge in [0.15, 0.2) is 0 Å². The monoisotopic (exact) mass is 546 g/mol. The third-order valence-corrected chi connectivity index (χ3v) is 9.76. The molecular weight excluding hydrogens is 500 g/mol. The number of aliphatic hydroxyl groups excluding tert-OH is 2. The Kier molecular flexibility index (Phi) is 10.1. The molecule has 2 aliphatic heterocycles. The molecule has 8 atom stereocenters. The summed E-state index contributed by atoms with van der Waals surface area (Å²) in [4.78, 5) is 27.4. The Hall–Kier alpha value is -1.87. The highest BCUT2D eigenvalue weighted by molar-refractivity contribution is 8.00. The molecule has 0 aliphatic carbocycles. The summed E-state index contributed by atoms with van der Waals surface area (Å²) in [5.41, 5.74) is 7.76. The number of thioether (sulfide) groups is 1. The highest BCUT2D eigenvalue weighted by Crippen LogP contribution is 2.37. The van der Waals surface area contributed by atoms with Gasteiger partial charge in [-0.15, -0.1) is 11.8 Å². The number of aliphatic hydroxyl groups is 2. The molecule has 1 saturated heterocycles. The summed E-state index contributed by atoms with van der Waals surface area (Å²) < 4.78 is 5.90. The van der Waals surface area contributed by atoms with E-state index in [0.717, 1.165) is 28.9 Å². The van der Waals surface area contributed by atoms with Crippen molar-refractivity contribution in [1.29, 1.82) is 0 Å².